The number of carbonyl (C=O) groups is 1. The highest BCUT2D eigenvalue weighted by Gasteiger charge is 2.15. The van der Waals surface area contributed by atoms with E-state index in [4.69, 9.17) is 9.47 Å². The van der Waals surface area contributed by atoms with E-state index in [9.17, 15) is 4.79 Å². The zero-order chi connectivity index (χ0) is 14.4. The van der Waals surface area contributed by atoms with E-state index >= 15 is 0 Å². The zero-order valence-electron chi connectivity index (χ0n) is 11.5. The SMILES string of the molecule is C=CCCOC(C)C(=O)Oc1ccc2ccccc2c1. The molecule has 0 aliphatic heterocycles. The molecular formula is C17H18O3. The van der Waals surface area contributed by atoms with Crippen molar-refractivity contribution >= 4 is 16.7 Å². The molecule has 0 saturated carbocycles. The molecule has 1 atom stereocenters. The van der Waals surface area contributed by atoms with Crippen molar-refractivity contribution in [2.45, 2.75) is 19.4 Å². The summed E-state index contributed by atoms with van der Waals surface area (Å²) in [4.78, 5) is 11.9. The fourth-order valence-corrected chi connectivity index (χ4v) is 1.83. The Hall–Kier alpha value is -2.13. The van der Waals surface area contributed by atoms with Crippen LogP contribution in [0.1, 0.15) is 13.3 Å². The van der Waals surface area contributed by atoms with E-state index in [1.54, 1.807) is 19.1 Å². The van der Waals surface area contributed by atoms with Gasteiger partial charge in [0.15, 0.2) is 6.10 Å². The Morgan fingerprint density at radius 3 is 2.75 bits per heavy atom. The lowest BCUT2D eigenvalue weighted by Crippen LogP contribution is -2.26. The molecule has 0 spiro atoms. The topological polar surface area (TPSA) is 35.5 Å². The van der Waals surface area contributed by atoms with Gasteiger partial charge in [0, 0.05) is 0 Å². The van der Waals surface area contributed by atoms with E-state index in [0.29, 0.717) is 18.8 Å². The summed E-state index contributed by atoms with van der Waals surface area (Å²) in [5.41, 5.74) is 0. The molecule has 3 nitrogen and oxygen atoms in total. The van der Waals surface area contributed by atoms with Gasteiger partial charge in [-0.05, 0) is 36.2 Å². The maximum absolute atomic E-state index is 11.9. The van der Waals surface area contributed by atoms with Crippen LogP contribution in [0.4, 0.5) is 0 Å². The number of ether oxygens (including phenoxy) is 2. The Balaban J connectivity index is 2.00. The Morgan fingerprint density at radius 2 is 2.00 bits per heavy atom. The molecule has 0 radical (unpaired) electrons. The van der Waals surface area contributed by atoms with E-state index in [2.05, 4.69) is 6.58 Å². The fraction of sp³-hybridized carbons (Fsp3) is 0.235. The summed E-state index contributed by atoms with van der Waals surface area (Å²) < 4.78 is 10.7. The van der Waals surface area contributed by atoms with Crippen molar-refractivity contribution in [1.82, 2.24) is 0 Å². The van der Waals surface area contributed by atoms with Crippen molar-refractivity contribution in [2.24, 2.45) is 0 Å². The summed E-state index contributed by atoms with van der Waals surface area (Å²) in [6.45, 7) is 5.76. The summed E-state index contributed by atoms with van der Waals surface area (Å²) >= 11 is 0. The van der Waals surface area contributed by atoms with Gasteiger partial charge < -0.3 is 9.47 Å². The van der Waals surface area contributed by atoms with Crippen LogP contribution in [0.15, 0.2) is 55.1 Å². The highest BCUT2D eigenvalue weighted by atomic mass is 16.6. The van der Waals surface area contributed by atoms with Gasteiger partial charge in [-0.25, -0.2) is 4.79 Å². The molecular weight excluding hydrogens is 252 g/mol. The Labute approximate surface area is 118 Å². The summed E-state index contributed by atoms with van der Waals surface area (Å²) in [6.07, 6.45) is 1.89. The van der Waals surface area contributed by atoms with Crippen LogP contribution in [0.3, 0.4) is 0 Å². The number of carbonyl (C=O) groups excluding carboxylic acids is 1. The fourth-order valence-electron chi connectivity index (χ4n) is 1.83. The van der Waals surface area contributed by atoms with E-state index in [1.165, 1.54) is 0 Å². The second-order valence-electron chi connectivity index (χ2n) is 4.52. The number of esters is 1. The zero-order valence-corrected chi connectivity index (χ0v) is 11.5. The predicted molar refractivity (Wildman–Crippen MR) is 79.8 cm³/mol. The highest BCUT2D eigenvalue weighted by Crippen LogP contribution is 2.21. The molecule has 0 aromatic heterocycles. The Bertz CT molecular complexity index is 604. The van der Waals surface area contributed by atoms with Crippen LogP contribution in [0.2, 0.25) is 0 Å². The van der Waals surface area contributed by atoms with Crippen LogP contribution in [0, 0.1) is 0 Å². The van der Waals surface area contributed by atoms with Gasteiger partial charge in [0.2, 0.25) is 0 Å². The van der Waals surface area contributed by atoms with E-state index < -0.39 is 6.10 Å². The number of hydrogen-bond acceptors (Lipinski definition) is 3. The second kappa shape index (κ2) is 6.87. The second-order valence-corrected chi connectivity index (χ2v) is 4.52. The Morgan fingerprint density at radius 1 is 1.25 bits per heavy atom. The molecule has 2 aromatic carbocycles. The minimum atomic E-state index is -0.582. The van der Waals surface area contributed by atoms with Crippen LogP contribution in [-0.4, -0.2) is 18.7 Å². The van der Waals surface area contributed by atoms with E-state index in [1.807, 2.05) is 36.4 Å². The third kappa shape index (κ3) is 3.68. The summed E-state index contributed by atoms with van der Waals surface area (Å²) in [7, 11) is 0. The molecule has 1 unspecified atom stereocenters. The quantitative estimate of drug-likeness (QED) is 0.347. The number of hydrogen-bond donors (Lipinski definition) is 0. The molecule has 0 heterocycles. The lowest BCUT2D eigenvalue weighted by Gasteiger charge is -2.12. The first-order chi connectivity index (χ1) is 9.70. The molecule has 2 rings (SSSR count). The number of fused-ring (bicyclic) bond motifs is 1. The van der Waals surface area contributed by atoms with Crippen molar-refractivity contribution in [3.8, 4) is 5.75 Å². The molecule has 3 heteroatoms. The molecule has 0 aliphatic carbocycles. The van der Waals surface area contributed by atoms with Crippen LogP contribution in [-0.2, 0) is 9.53 Å². The average Bonchev–Trinajstić information content (AvgIpc) is 2.47. The first-order valence-corrected chi connectivity index (χ1v) is 6.63. The first-order valence-electron chi connectivity index (χ1n) is 6.63. The number of benzene rings is 2. The smallest absolute Gasteiger partial charge is 0.340 e. The molecule has 0 amide bonds. The minimum Gasteiger partial charge on any atom is -0.425 e. The molecule has 0 N–H and O–H groups in total. The van der Waals surface area contributed by atoms with Crippen molar-refractivity contribution in [3.63, 3.8) is 0 Å². The van der Waals surface area contributed by atoms with Gasteiger partial charge in [-0.15, -0.1) is 6.58 Å². The lowest BCUT2D eigenvalue weighted by molar-refractivity contribution is -0.146. The molecule has 0 fully saturated rings. The molecule has 104 valence electrons. The summed E-state index contributed by atoms with van der Waals surface area (Å²) in [5.74, 6) is 0.150. The minimum absolute atomic E-state index is 0.385. The third-order valence-corrected chi connectivity index (χ3v) is 2.96. The third-order valence-electron chi connectivity index (χ3n) is 2.96. The van der Waals surface area contributed by atoms with Crippen LogP contribution < -0.4 is 4.74 Å². The lowest BCUT2D eigenvalue weighted by atomic mass is 10.1. The largest absolute Gasteiger partial charge is 0.425 e. The molecule has 0 saturated heterocycles. The maximum Gasteiger partial charge on any atom is 0.340 e. The van der Waals surface area contributed by atoms with Crippen molar-refractivity contribution in [3.05, 3.63) is 55.1 Å². The van der Waals surface area contributed by atoms with Crippen molar-refractivity contribution < 1.29 is 14.3 Å². The average molecular weight is 270 g/mol. The van der Waals surface area contributed by atoms with Gasteiger partial charge in [-0.3, -0.25) is 0 Å². The van der Waals surface area contributed by atoms with Crippen LogP contribution in [0.5, 0.6) is 5.75 Å². The van der Waals surface area contributed by atoms with Gasteiger partial charge in [0.25, 0.3) is 0 Å². The highest BCUT2D eigenvalue weighted by molar-refractivity contribution is 5.85. The van der Waals surface area contributed by atoms with Gasteiger partial charge in [0.1, 0.15) is 5.75 Å². The van der Waals surface area contributed by atoms with Crippen LogP contribution in [0.25, 0.3) is 10.8 Å². The van der Waals surface area contributed by atoms with Gasteiger partial charge in [0.05, 0.1) is 6.61 Å². The van der Waals surface area contributed by atoms with Crippen molar-refractivity contribution in [1.29, 1.82) is 0 Å². The summed E-state index contributed by atoms with van der Waals surface area (Å²) in [5, 5.41) is 2.15. The van der Waals surface area contributed by atoms with Crippen molar-refractivity contribution in [2.75, 3.05) is 6.61 Å². The van der Waals surface area contributed by atoms with Gasteiger partial charge in [-0.1, -0.05) is 36.4 Å². The van der Waals surface area contributed by atoms with Crippen LogP contribution >= 0.6 is 0 Å². The predicted octanol–water partition coefficient (Wildman–Crippen LogP) is 3.73. The van der Waals surface area contributed by atoms with Gasteiger partial charge in [-0.2, -0.15) is 0 Å². The van der Waals surface area contributed by atoms with Gasteiger partial charge >= 0.3 is 5.97 Å². The maximum atomic E-state index is 11.9. The number of rotatable bonds is 6. The monoisotopic (exact) mass is 270 g/mol. The molecule has 2 aromatic rings. The molecule has 0 bridgehead atoms. The van der Waals surface area contributed by atoms with E-state index in [-0.39, 0.29) is 5.97 Å². The normalized spacial score (nSPS) is 12.1. The van der Waals surface area contributed by atoms with E-state index in [0.717, 1.165) is 10.8 Å². The summed E-state index contributed by atoms with van der Waals surface area (Å²) in [6, 6.07) is 13.5. The standard InChI is InChI=1S/C17H18O3/c1-3-4-11-19-13(2)17(18)20-16-10-9-14-7-5-6-8-15(14)12-16/h3,5-10,12-13H,1,4,11H2,2H3. The first kappa shape index (κ1) is 14.3. The Kier molecular flexibility index (Phi) is 4.91. The molecule has 0 aliphatic rings. The molecule has 20 heavy (non-hydrogen) atoms.